The fourth-order valence-corrected chi connectivity index (χ4v) is 1.51. The molecule has 0 heterocycles. The average Bonchev–Trinajstić information content (AvgIpc) is 2.04. The highest BCUT2D eigenvalue weighted by Gasteiger charge is 2.25. The van der Waals surface area contributed by atoms with Crippen LogP contribution in [0, 0.1) is 23.2 Å². The molecule has 0 radical (unpaired) electrons. The van der Waals surface area contributed by atoms with Crippen molar-refractivity contribution < 1.29 is 5.11 Å². The molecule has 0 bridgehead atoms. The molecule has 1 aliphatic rings. The van der Waals surface area contributed by atoms with E-state index in [-0.39, 0.29) is 5.92 Å². The molecule has 60 valence electrons. The van der Waals surface area contributed by atoms with Gasteiger partial charge in [0.05, 0.1) is 6.07 Å². The summed E-state index contributed by atoms with van der Waals surface area (Å²) in [7, 11) is 0. The van der Waals surface area contributed by atoms with Crippen LogP contribution in [-0.2, 0) is 0 Å². The summed E-state index contributed by atoms with van der Waals surface area (Å²) >= 11 is 0. The average molecular weight is 151 g/mol. The molecule has 2 nitrogen and oxygen atoms in total. The van der Waals surface area contributed by atoms with E-state index in [1.54, 1.807) is 0 Å². The van der Waals surface area contributed by atoms with Crippen molar-refractivity contribution >= 4 is 0 Å². The maximum Gasteiger partial charge on any atom is 0.143 e. The van der Waals surface area contributed by atoms with Crippen LogP contribution >= 0.6 is 0 Å². The van der Waals surface area contributed by atoms with E-state index in [1.165, 1.54) is 0 Å². The molecular weight excluding hydrogens is 138 g/mol. The van der Waals surface area contributed by atoms with E-state index in [9.17, 15) is 5.11 Å². The van der Waals surface area contributed by atoms with Gasteiger partial charge in [0.1, 0.15) is 6.10 Å². The van der Waals surface area contributed by atoms with Crippen molar-refractivity contribution in [3.8, 4) is 6.07 Å². The second-order valence-corrected chi connectivity index (χ2v) is 3.16. The highest BCUT2D eigenvalue weighted by atomic mass is 16.3. The van der Waals surface area contributed by atoms with Crippen LogP contribution in [0.1, 0.15) is 19.8 Å². The molecule has 0 saturated heterocycles. The summed E-state index contributed by atoms with van der Waals surface area (Å²) < 4.78 is 0. The molecule has 0 aromatic heterocycles. The zero-order chi connectivity index (χ0) is 8.27. The zero-order valence-corrected chi connectivity index (χ0v) is 6.70. The number of nitrogens with zero attached hydrogens (tertiary/aromatic N) is 1. The summed E-state index contributed by atoms with van der Waals surface area (Å²) in [4.78, 5) is 0. The summed E-state index contributed by atoms with van der Waals surface area (Å²) in [6, 6.07) is 1.89. The number of hydrogen-bond acceptors (Lipinski definition) is 2. The van der Waals surface area contributed by atoms with Crippen molar-refractivity contribution in [2.45, 2.75) is 25.9 Å². The fraction of sp³-hybridized carbons (Fsp3) is 0.667. The molecule has 0 fully saturated rings. The van der Waals surface area contributed by atoms with E-state index in [1.807, 2.05) is 12.1 Å². The number of aliphatic hydroxyl groups excluding tert-OH is 1. The van der Waals surface area contributed by atoms with E-state index >= 15 is 0 Å². The Balaban J connectivity index is 2.58. The van der Waals surface area contributed by atoms with Gasteiger partial charge < -0.3 is 5.11 Å². The van der Waals surface area contributed by atoms with Crippen LogP contribution in [0.25, 0.3) is 0 Å². The standard InChI is InChI=1S/C9H13NO/c1-7-4-2-3-5-8(7)9(11)6-10/h2-3,7-9,11H,4-5H2,1H3. The minimum Gasteiger partial charge on any atom is -0.378 e. The van der Waals surface area contributed by atoms with Crippen LogP contribution in [-0.4, -0.2) is 11.2 Å². The Morgan fingerprint density at radius 2 is 2.18 bits per heavy atom. The van der Waals surface area contributed by atoms with Gasteiger partial charge in [-0.15, -0.1) is 0 Å². The van der Waals surface area contributed by atoms with Gasteiger partial charge in [-0.25, -0.2) is 0 Å². The maximum atomic E-state index is 9.26. The Bertz CT molecular complexity index is 192. The molecule has 3 atom stereocenters. The second-order valence-electron chi connectivity index (χ2n) is 3.16. The molecule has 1 rings (SSSR count). The van der Waals surface area contributed by atoms with Crippen molar-refractivity contribution in [1.82, 2.24) is 0 Å². The maximum absolute atomic E-state index is 9.26. The largest absolute Gasteiger partial charge is 0.378 e. The summed E-state index contributed by atoms with van der Waals surface area (Å²) in [6.07, 6.45) is 5.21. The molecule has 0 aliphatic heterocycles. The number of aliphatic hydroxyl groups is 1. The highest BCUT2D eigenvalue weighted by molar-refractivity contribution is 5.00. The van der Waals surface area contributed by atoms with Crippen molar-refractivity contribution in [2.24, 2.45) is 11.8 Å². The minimum atomic E-state index is -0.782. The Labute approximate surface area is 67.2 Å². The lowest BCUT2D eigenvalue weighted by Crippen LogP contribution is -2.26. The predicted octanol–water partition coefficient (Wildman–Crippen LogP) is 1.47. The molecular formula is C9H13NO. The van der Waals surface area contributed by atoms with Crippen LogP contribution in [0.15, 0.2) is 12.2 Å². The van der Waals surface area contributed by atoms with E-state index in [4.69, 9.17) is 5.26 Å². The lowest BCUT2D eigenvalue weighted by atomic mass is 9.81. The summed E-state index contributed by atoms with van der Waals surface area (Å²) in [5, 5.41) is 17.7. The van der Waals surface area contributed by atoms with Crippen molar-refractivity contribution in [3.63, 3.8) is 0 Å². The number of nitriles is 1. The smallest absolute Gasteiger partial charge is 0.143 e. The van der Waals surface area contributed by atoms with Crippen LogP contribution in [0.5, 0.6) is 0 Å². The van der Waals surface area contributed by atoms with Crippen LogP contribution < -0.4 is 0 Å². The van der Waals surface area contributed by atoms with Crippen molar-refractivity contribution in [3.05, 3.63) is 12.2 Å². The molecule has 0 aromatic carbocycles. The first-order valence-corrected chi connectivity index (χ1v) is 3.98. The number of allylic oxidation sites excluding steroid dienone is 2. The Kier molecular flexibility index (Phi) is 2.67. The first-order valence-electron chi connectivity index (χ1n) is 3.98. The first kappa shape index (κ1) is 8.29. The molecule has 0 aromatic rings. The molecule has 1 N–H and O–H groups in total. The van der Waals surface area contributed by atoms with Gasteiger partial charge in [0.15, 0.2) is 0 Å². The Morgan fingerprint density at radius 1 is 1.55 bits per heavy atom. The summed E-state index contributed by atoms with van der Waals surface area (Å²) in [5.41, 5.74) is 0. The lowest BCUT2D eigenvalue weighted by Gasteiger charge is -2.25. The van der Waals surface area contributed by atoms with Gasteiger partial charge in [0.25, 0.3) is 0 Å². The van der Waals surface area contributed by atoms with Gasteiger partial charge >= 0.3 is 0 Å². The molecule has 0 spiro atoms. The Hall–Kier alpha value is -0.810. The molecule has 11 heavy (non-hydrogen) atoms. The molecule has 1 aliphatic carbocycles. The third-order valence-corrected chi connectivity index (χ3v) is 2.35. The molecule has 0 amide bonds. The highest BCUT2D eigenvalue weighted by Crippen LogP contribution is 2.27. The van der Waals surface area contributed by atoms with Crippen LogP contribution in [0.2, 0.25) is 0 Å². The van der Waals surface area contributed by atoms with E-state index in [0.29, 0.717) is 5.92 Å². The normalized spacial score (nSPS) is 32.8. The third-order valence-electron chi connectivity index (χ3n) is 2.35. The van der Waals surface area contributed by atoms with Gasteiger partial charge in [-0.3, -0.25) is 0 Å². The van der Waals surface area contributed by atoms with E-state index in [0.717, 1.165) is 12.8 Å². The lowest BCUT2D eigenvalue weighted by molar-refractivity contribution is 0.121. The number of rotatable bonds is 1. The number of hydrogen-bond donors (Lipinski definition) is 1. The monoisotopic (exact) mass is 151 g/mol. The van der Waals surface area contributed by atoms with Crippen molar-refractivity contribution in [1.29, 1.82) is 5.26 Å². The summed E-state index contributed by atoms with van der Waals surface area (Å²) in [5.74, 6) is 0.583. The topological polar surface area (TPSA) is 44.0 Å². The van der Waals surface area contributed by atoms with Crippen LogP contribution in [0.4, 0.5) is 0 Å². The van der Waals surface area contributed by atoms with Gasteiger partial charge in [-0.2, -0.15) is 5.26 Å². The molecule has 3 unspecified atom stereocenters. The van der Waals surface area contributed by atoms with Gasteiger partial charge in [-0.1, -0.05) is 19.1 Å². The predicted molar refractivity (Wildman–Crippen MR) is 42.6 cm³/mol. The fourth-order valence-electron chi connectivity index (χ4n) is 1.51. The zero-order valence-electron chi connectivity index (χ0n) is 6.70. The SMILES string of the molecule is CC1CC=CCC1C(O)C#N. The van der Waals surface area contributed by atoms with E-state index < -0.39 is 6.10 Å². The first-order chi connectivity index (χ1) is 5.25. The third kappa shape index (κ3) is 1.81. The van der Waals surface area contributed by atoms with Crippen molar-refractivity contribution in [2.75, 3.05) is 0 Å². The van der Waals surface area contributed by atoms with Crippen LogP contribution in [0.3, 0.4) is 0 Å². The van der Waals surface area contributed by atoms with Gasteiger partial charge in [0, 0.05) is 5.92 Å². The van der Waals surface area contributed by atoms with Gasteiger partial charge in [-0.05, 0) is 18.8 Å². The second kappa shape index (κ2) is 3.54. The van der Waals surface area contributed by atoms with Gasteiger partial charge in [0.2, 0.25) is 0 Å². The molecule has 0 saturated carbocycles. The quantitative estimate of drug-likeness (QED) is 0.455. The minimum absolute atomic E-state index is 0.144. The Morgan fingerprint density at radius 3 is 2.73 bits per heavy atom. The van der Waals surface area contributed by atoms with E-state index in [2.05, 4.69) is 13.0 Å². The molecule has 2 heteroatoms. The summed E-state index contributed by atoms with van der Waals surface area (Å²) in [6.45, 7) is 2.08.